The Morgan fingerprint density at radius 1 is 1.60 bits per heavy atom. The molecule has 0 aromatic carbocycles. The van der Waals surface area contributed by atoms with Gasteiger partial charge in [0.15, 0.2) is 0 Å². The second-order valence-electron chi connectivity index (χ2n) is 2.87. The van der Waals surface area contributed by atoms with Crippen LogP contribution in [-0.4, -0.2) is 12.3 Å². The minimum absolute atomic E-state index is 0.284. The second kappa shape index (κ2) is 5.42. The highest BCUT2D eigenvalue weighted by Crippen LogP contribution is 2.08. The fourth-order valence-electron chi connectivity index (χ4n) is 0.979. The molecule has 0 bridgehead atoms. The summed E-state index contributed by atoms with van der Waals surface area (Å²) in [6.45, 7) is 4.24. The van der Waals surface area contributed by atoms with E-state index in [1.807, 2.05) is 0 Å². The lowest BCUT2D eigenvalue weighted by Crippen LogP contribution is -2.27. The van der Waals surface area contributed by atoms with Crippen molar-refractivity contribution in [3.63, 3.8) is 0 Å². The van der Waals surface area contributed by atoms with Gasteiger partial charge in [-0.15, -0.1) is 0 Å². The Bertz CT molecular complexity index is 91.3. The van der Waals surface area contributed by atoms with Crippen molar-refractivity contribution in [1.82, 2.24) is 0 Å². The van der Waals surface area contributed by atoms with Crippen LogP contribution in [0.2, 0.25) is 0 Å². The van der Waals surface area contributed by atoms with E-state index in [0.717, 1.165) is 19.3 Å². The van der Waals surface area contributed by atoms with Gasteiger partial charge in [-0.25, -0.2) is 0 Å². The maximum atomic E-state index is 6.88. The number of hydrogen-bond donors (Lipinski definition) is 2. The summed E-state index contributed by atoms with van der Waals surface area (Å²) >= 11 is 0. The molecule has 0 spiro atoms. The number of hydrogen-bond acceptors (Lipinski definition) is 2. The van der Waals surface area contributed by atoms with Crippen molar-refractivity contribution in [3.05, 3.63) is 0 Å². The van der Waals surface area contributed by atoms with Crippen LogP contribution < -0.4 is 5.73 Å². The van der Waals surface area contributed by atoms with E-state index in [0.29, 0.717) is 5.92 Å². The molecule has 0 rings (SSSR count). The fraction of sp³-hybridized carbons (Fsp3) is 0.875. The first-order valence-corrected chi connectivity index (χ1v) is 3.96. The molecule has 0 amide bonds. The zero-order valence-corrected chi connectivity index (χ0v) is 6.93. The largest absolute Gasteiger partial charge is 0.327 e. The molecule has 0 aromatic rings. The molecule has 0 heterocycles. The third-order valence-corrected chi connectivity index (χ3v) is 1.84. The van der Waals surface area contributed by atoms with Gasteiger partial charge in [0.2, 0.25) is 0 Å². The van der Waals surface area contributed by atoms with Crippen LogP contribution in [0.5, 0.6) is 0 Å². The first-order valence-electron chi connectivity index (χ1n) is 3.96. The molecule has 2 nitrogen and oxygen atoms in total. The molecule has 2 atom stereocenters. The smallest absolute Gasteiger partial charge is 0.00679 e. The molecule has 1 unspecified atom stereocenters. The Morgan fingerprint density at radius 2 is 2.20 bits per heavy atom. The fourth-order valence-corrected chi connectivity index (χ4v) is 0.979. The molecular weight excluding hydrogens is 124 g/mol. The van der Waals surface area contributed by atoms with Crippen molar-refractivity contribution in [2.45, 2.75) is 39.2 Å². The first-order chi connectivity index (χ1) is 4.72. The minimum atomic E-state index is 0.284. The summed E-state index contributed by atoms with van der Waals surface area (Å²) in [5.74, 6) is 0.470. The Labute approximate surface area is 63.3 Å². The number of rotatable bonds is 5. The highest BCUT2D eigenvalue weighted by molar-refractivity contribution is 5.53. The molecule has 2 heteroatoms. The van der Waals surface area contributed by atoms with Gasteiger partial charge in [0, 0.05) is 6.04 Å². The van der Waals surface area contributed by atoms with Gasteiger partial charge >= 0.3 is 0 Å². The van der Waals surface area contributed by atoms with Crippen LogP contribution in [0.4, 0.5) is 0 Å². The van der Waals surface area contributed by atoms with Gasteiger partial charge < -0.3 is 11.1 Å². The summed E-state index contributed by atoms with van der Waals surface area (Å²) in [5.41, 5.74) is 5.81. The summed E-state index contributed by atoms with van der Waals surface area (Å²) in [4.78, 5) is 0. The molecule has 0 fully saturated rings. The first kappa shape index (κ1) is 9.63. The van der Waals surface area contributed by atoms with Crippen molar-refractivity contribution in [3.8, 4) is 0 Å². The zero-order chi connectivity index (χ0) is 7.98. The highest BCUT2D eigenvalue weighted by atomic mass is 14.6. The summed E-state index contributed by atoms with van der Waals surface area (Å²) in [5, 5.41) is 6.88. The number of nitrogens with one attached hydrogen (secondary N) is 1. The van der Waals surface area contributed by atoms with Gasteiger partial charge in [-0.2, -0.15) is 0 Å². The van der Waals surface area contributed by atoms with Crippen molar-refractivity contribution in [2.75, 3.05) is 0 Å². The van der Waals surface area contributed by atoms with Crippen LogP contribution in [0, 0.1) is 11.3 Å². The molecular formula is C8H18N2. The Balaban J connectivity index is 3.47. The summed E-state index contributed by atoms with van der Waals surface area (Å²) in [7, 11) is 0. The molecule has 0 aliphatic rings. The van der Waals surface area contributed by atoms with Crippen LogP contribution >= 0.6 is 0 Å². The summed E-state index contributed by atoms with van der Waals surface area (Å²) in [6, 6.07) is 0.284. The molecule has 3 N–H and O–H groups in total. The second-order valence-corrected chi connectivity index (χ2v) is 2.87. The average molecular weight is 142 g/mol. The van der Waals surface area contributed by atoms with Gasteiger partial charge in [0.05, 0.1) is 0 Å². The molecule has 0 aromatic heterocycles. The van der Waals surface area contributed by atoms with Crippen LogP contribution in [0.25, 0.3) is 0 Å². The lowest BCUT2D eigenvalue weighted by molar-refractivity contribution is 0.441. The molecule has 0 aliphatic heterocycles. The third kappa shape index (κ3) is 3.62. The standard InChI is InChI=1S/C8H18N2/c1-3-4-8(10)7(2)5-6-9/h6-9H,3-5,10H2,1-2H3/t7-,8?/m1/s1. The van der Waals surface area contributed by atoms with Crippen molar-refractivity contribution < 1.29 is 0 Å². The Morgan fingerprint density at radius 3 is 2.60 bits per heavy atom. The van der Waals surface area contributed by atoms with Crippen LogP contribution in [-0.2, 0) is 0 Å². The van der Waals surface area contributed by atoms with Crippen molar-refractivity contribution in [2.24, 2.45) is 11.7 Å². The van der Waals surface area contributed by atoms with E-state index in [2.05, 4.69) is 13.8 Å². The molecule has 0 saturated carbocycles. The lowest BCUT2D eigenvalue weighted by atomic mass is 9.96. The molecule has 0 radical (unpaired) electrons. The van der Waals surface area contributed by atoms with E-state index in [9.17, 15) is 0 Å². The van der Waals surface area contributed by atoms with Gasteiger partial charge in [0.25, 0.3) is 0 Å². The number of nitrogens with two attached hydrogens (primary N) is 1. The van der Waals surface area contributed by atoms with E-state index in [1.165, 1.54) is 6.21 Å². The maximum Gasteiger partial charge on any atom is 0.00679 e. The van der Waals surface area contributed by atoms with Gasteiger partial charge in [-0.05, 0) is 25.0 Å². The van der Waals surface area contributed by atoms with E-state index >= 15 is 0 Å². The Hall–Kier alpha value is -0.370. The van der Waals surface area contributed by atoms with Gasteiger partial charge in [-0.1, -0.05) is 20.3 Å². The van der Waals surface area contributed by atoms with Crippen LogP contribution in [0.1, 0.15) is 33.1 Å². The lowest BCUT2D eigenvalue weighted by Gasteiger charge is -2.16. The maximum absolute atomic E-state index is 6.88. The van der Waals surface area contributed by atoms with Crippen LogP contribution in [0.3, 0.4) is 0 Å². The van der Waals surface area contributed by atoms with Crippen molar-refractivity contribution in [1.29, 1.82) is 5.41 Å². The van der Waals surface area contributed by atoms with Crippen LogP contribution in [0.15, 0.2) is 0 Å². The molecule has 10 heavy (non-hydrogen) atoms. The van der Waals surface area contributed by atoms with E-state index < -0.39 is 0 Å². The molecule has 0 aliphatic carbocycles. The normalized spacial score (nSPS) is 16.3. The molecule has 60 valence electrons. The van der Waals surface area contributed by atoms with Gasteiger partial charge in [0.1, 0.15) is 0 Å². The quantitative estimate of drug-likeness (QED) is 0.565. The van der Waals surface area contributed by atoms with E-state index in [4.69, 9.17) is 11.1 Å². The summed E-state index contributed by atoms with van der Waals surface area (Å²) < 4.78 is 0. The van der Waals surface area contributed by atoms with E-state index in [1.54, 1.807) is 0 Å². The monoisotopic (exact) mass is 142 g/mol. The molecule has 0 saturated heterocycles. The van der Waals surface area contributed by atoms with E-state index in [-0.39, 0.29) is 6.04 Å². The average Bonchev–Trinajstić information content (AvgIpc) is 1.89. The Kier molecular flexibility index (Phi) is 5.22. The predicted octanol–water partition coefficient (Wildman–Crippen LogP) is 1.79. The highest BCUT2D eigenvalue weighted by Gasteiger charge is 2.09. The third-order valence-electron chi connectivity index (χ3n) is 1.84. The van der Waals surface area contributed by atoms with Crippen molar-refractivity contribution >= 4 is 6.21 Å². The van der Waals surface area contributed by atoms with Gasteiger partial charge in [-0.3, -0.25) is 0 Å². The topological polar surface area (TPSA) is 49.9 Å². The predicted molar refractivity (Wildman–Crippen MR) is 45.4 cm³/mol. The summed E-state index contributed by atoms with van der Waals surface area (Å²) in [6.07, 6.45) is 4.49. The minimum Gasteiger partial charge on any atom is -0.327 e. The zero-order valence-electron chi connectivity index (χ0n) is 6.93. The SMILES string of the molecule is CCCC(N)[C@H](C)CC=N.